The summed E-state index contributed by atoms with van der Waals surface area (Å²) in [5.74, 6) is 0.342. The number of hydrogen-bond donors (Lipinski definition) is 2. The van der Waals surface area contributed by atoms with Crippen LogP contribution in [0.15, 0.2) is 12.4 Å². The second-order valence-corrected chi connectivity index (χ2v) is 4.59. The molecule has 1 saturated carbocycles. The van der Waals surface area contributed by atoms with E-state index in [1.54, 1.807) is 12.4 Å². The molecular weight excluding hydrogens is 220 g/mol. The molecular formula is C11H18N4O2. The van der Waals surface area contributed by atoms with Gasteiger partial charge in [0.1, 0.15) is 6.54 Å². The van der Waals surface area contributed by atoms with Crippen LogP contribution < -0.4 is 5.32 Å². The minimum Gasteiger partial charge on any atom is -0.393 e. The highest BCUT2D eigenvalue weighted by Crippen LogP contribution is 2.23. The molecule has 1 aliphatic carbocycles. The van der Waals surface area contributed by atoms with Crippen molar-refractivity contribution < 1.29 is 9.90 Å². The number of aliphatic hydroxyl groups is 1. The van der Waals surface area contributed by atoms with E-state index in [1.807, 2.05) is 0 Å². The Bertz CT molecular complexity index is 352. The average Bonchev–Trinajstić information content (AvgIpc) is 2.79. The standard InChI is InChI=1S/C11H18N4O2/c16-10-3-1-2-9(6-10)7-12-11(17)8-15-5-4-13-14-15/h4-5,9-10,16H,1-3,6-8H2,(H,12,17). The number of nitrogens with one attached hydrogen (secondary N) is 1. The number of rotatable bonds is 4. The third kappa shape index (κ3) is 3.81. The number of amides is 1. The summed E-state index contributed by atoms with van der Waals surface area (Å²) in [7, 11) is 0. The van der Waals surface area contributed by atoms with Gasteiger partial charge in [-0.15, -0.1) is 5.10 Å². The van der Waals surface area contributed by atoms with E-state index < -0.39 is 0 Å². The van der Waals surface area contributed by atoms with E-state index >= 15 is 0 Å². The molecule has 1 aromatic heterocycles. The molecule has 0 aromatic carbocycles. The number of aromatic nitrogens is 3. The SMILES string of the molecule is O=C(Cn1ccnn1)NCC1CCCC(O)C1. The van der Waals surface area contributed by atoms with Gasteiger partial charge >= 0.3 is 0 Å². The molecule has 6 heteroatoms. The molecule has 2 rings (SSSR count). The molecule has 0 saturated heterocycles. The minimum absolute atomic E-state index is 0.0597. The van der Waals surface area contributed by atoms with E-state index in [4.69, 9.17) is 0 Å². The Hall–Kier alpha value is -1.43. The highest BCUT2D eigenvalue weighted by Gasteiger charge is 2.20. The van der Waals surface area contributed by atoms with Gasteiger partial charge in [0, 0.05) is 12.7 Å². The monoisotopic (exact) mass is 238 g/mol. The normalized spacial score (nSPS) is 24.5. The van der Waals surface area contributed by atoms with Crippen LogP contribution in [0.4, 0.5) is 0 Å². The van der Waals surface area contributed by atoms with Gasteiger partial charge in [0.15, 0.2) is 0 Å². The molecule has 2 unspecified atom stereocenters. The molecule has 0 aliphatic heterocycles. The van der Waals surface area contributed by atoms with Crippen LogP contribution in [0.2, 0.25) is 0 Å². The van der Waals surface area contributed by atoms with Crippen molar-refractivity contribution in [1.82, 2.24) is 20.3 Å². The maximum Gasteiger partial charge on any atom is 0.241 e. The van der Waals surface area contributed by atoms with Gasteiger partial charge in [0.25, 0.3) is 0 Å². The van der Waals surface area contributed by atoms with Crippen LogP contribution in [-0.2, 0) is 11.3 Å². The molecule has 0 bridgehead atoms. The van der Waals surface area contributed by atoms with Gasteiger partial charge in [0.05, 0.1) is 12.3 Å². The van der Waals surface area contributed by atoms with Crippen LogP contribution in [0.1, 0.15) is 25.7 Å². The summed E-state index contributed by atoms with van der Waals surface area (Å²) in [6.45, 7) is 0.847. The number of aliphatic hydroxyl groups excluding tert-OH is 1. The lowest BCUT2D eigenvalue weighted by Crippen LogP contribution is -2.34. The van der Waals surface area contributed by atoms with Gasteiger partial charge in [-0.3, -0.25) is 4.79 Å². The predicted octanol–water partition coefficient (Wildman–Crippen LogP) is -0.0546. The molecule has 2 atom stereocenters. The van der Waals surface area contributed by atoms with E-state index in [-0.39, 0.29) is 18.6 Å². The highest BCUT2D eigenvalue weighted by atomic mass is 16.3. The van der Waals surface area contributed by atoms with Crippen LogP contribution in [0.25, 0.3) is 0 Å². The van der Waals surface area contributed by atoms with Crippen molar-refractivity contribution in [2.45, 2.75) is 38.3 Å². The predicted molar refractivity (Wildman–Crippen MR) is 61.0 cm³/mol. The first-order valence-corrected chi connectivity index (χ1v) is 6.03. The lowest BCUT2D eigenvalue weighted by atomic mass is 9.87. The van der Waals surface area contributed by atoms with Crippen LogP contribution in [0.3, 0.4) is 0 Å². The zero-order chi connectivity index (χ0) is 12.1. The first kappa shape index (κ1) is 12.0. The largest absolute Gasteiger partial charge is 0.393 e. The Balaban J connectivity index is 1.69. The second-order valence-electron chi connectivity index (χ2n) is 4.59. The first-order valence-electron chi connectivity index (χ1n) is 6.03. The maximum absolute atomic E-state index is 11.6. The Kier molecular flexibility index (Phi) is 4.08. The van der Waals surface area contributed by atoms with Gasteiger partial charge in [0.2, 0.25) is 5.91 Å². The molecule has 6 nitrogen and oxygen atoms in total. The molecule has 2 N–H and O–H groups in total. The Morgan fingerprint density at radius 3 is 3.12 bits per heavy atom. The Morgan fingerprint density at radius 1 is 1.53 bits per heavy atom. The summed E-state index contributed by atoms with van der Waals surface area (Å²) in [5, 5.41) is 19.8. The first-order chi connectivity index (χ1) is 8.24. The summed E-state index contributed by atoms with van der Waals surface area (Å²) < 4.78 is 1.49. The fourth-order valence-corrected chi connectivity index (χ4v) is 2.23. The lowest BCUT2D eigenvalue weighted by molar-refractivity contribution is -0.122. The lowest BCUT2D eigenvalue weighted by Gasteiger charge is -2.25. The zero-order valence-electron chi connectivity index (χ0n) is 9.75. The topological polar surface area (TPSA) is 80.0 Å². The van der Waals surface area contributed by atoms with Crippen molar-refractivity contribution in [2.75, 3.05) is 6.54 Å². The maximum atomic E-state index is 11.6. The third-order valence-corrected chi connectivity index (χ3v) is 3.12. The van der Waals surface area contributed by atoms with Crippen molar-refractivity contribution in [3.8, 4) is 0 Å². The minimum atomic E-state index is -0.194. The number of carbonyl (C=O) groups is 1. The summed E-state index contributed by atoms with van der Waals surface area (Å²) >= 11 is 0. The molecule has 94 valence electrons. The number of nitrogens with zero attached hydrogens (tertiary/aromatic N) is 3. The van der Waals surface area contributed by atoms with Crippen LogP contribution in [0.5, 0.6) is 0 Å². The van der Waals surface area contributed by atoms with Gasteiger partial charge in [-0.05, 0) is 25.2 Å². The molecule has 1 aliphatic rings. The van der Waals surface area contributed by atoms with E-state index in [0.717, 1.165) is 25.7 Å². The fraction of sp³-hybridized carbons (Fsp3) is 0.727. The number of carbonyl (C=O) groups excluding carboxylic acids is 1. The zero-order valence-corrected chi connectivity index (χ0v) is 9.75. The molecule has 1 aromatic rings. The molecule has 1 fully saturated rings. The van der Waals surface area contributed by atoms with Crippen molar-refractivity contribution >= 4 is 5.91 Å². The van der Waals surface area contributed by atoms with E-state index in [1.165, 1.54) is 4.68 Å². The van der Waals surface area contributed by atoms with Gasteiger partial charge in [-0.25, -0.2) is 4.68 Å². The van der Waals surface area contributed by atoms with E-state index in [0.29, 0.717) is 12.5 Å². The summed E-state index contributed by atoms with van der Waals surface area (Å²) in [4.78, 5) is 11.6. The summed E-state index contributed by atoms with van der Waals surface area (Å²) in [5.41, 5.74) is 0. The number of hydrogen-bond acceptors (Lipinski definition) is 4. The second kappa shape index (κ2) is 5.77. The van der Waals surface area contributed by atoms with Crippen LogP contribution in [0, 0.1) is 5.92 Å². The molecule has 0 spiro atoms. The van der Waals surface area contributed by atoms with Gasteiger partial charge < -0.3 is 10.4 Å². The fourth-order valence-electron chi connectivity index (χ4n) is 2.23. The molecule has 0 radical (unpaired) electrons. The molecule has 1 amide bonds. The quantitative estimate of drug-likeness (QED) is 0.770. The van der Waals surface area contributed by atoms with Crippen LogP contribution in [-0.4, -0.2) is 38.7 Å². The van der Waals surface area contributed by atoms with Gasteiger partial charge in [-0.2, -0.15) is 0 Å². The smallest absolute Gasteiger partial charge is 0.241 e. The Morgan fingerprint density at radius 2 is 2.41 bits per heavy atom. The Labute approximate surface area is 100 Å². The van der Waals surface area contributed by atoms with Crippen LogP contribution >= 0.6 is 0 Å². The van der Waals surface area contributed by atoms with Gasteiger partial charge in [-0.1, -0.05) is 11.6 Å². The van der Waals surface area contributed by atoms with Crippen molar-refractivity contribution in [3.63, 3.8) is 0 Å². The van der Waals surface area contributed by atoms with Crippen molar-refractivity contribution in [1.29, 1.82) is 0 Å². The van der Waals surface area contributed by atoms with E-state index in [2.05, 4.69) is 15.6 Å². The average molecular weight is 238 g/mol. The summed E-state index contributed by atoms with van der Waals surface area (Å²) in [6, 6.07) is 0. The van der Waals surface area contributed by atoms with E-state index in [9.17, 15) is 9.90 Å². The van der Waals surface area contributed by atoms with Crippen molar-refractivity contribution in [3.05, 3.63) is 12.4 Å². The third-order valence-electron chi connectivity index (χ3n) is 3.12. The molecule has 1 heterocycles. The highest BCUT2D eigenvalue weighted by molar-refractivity contribution is 5.75. The van der Waals surface area contributed by atoms with Crippen molar-refractivity contribution in [2.24, 2.45) is 5.92 Å². The summed E-state index contributed by atoms with van der Waals surface area (Å²) in [6.07, 6.45) is 6.83. The molecule has 17 heavy (non-hydrogen) atoms.